The average molecular weight is 209 g/mol. The van der Waals surface area contributed by atoms with Crippen LogP contribution in [-0.4, -0.2) is 5.92 Å². The van der Waals surface area contributed by atoms with Gasteiger partial charge in [0.2, 0.25) is 0 Å². The molecule has 1 atom stereocenters. The molecule has 3 heteroatoms. The van der Waals surface area contributed by atoms with Gasteiger partial charge in [-0.05, 0) is 29.9 Å². The summed E-state index contributed by atoms with van der Waals surface area (Å²) in [7, 11) is 0. The Morgan fingerprint density at radius 3 is 2.47 bits per heavy atom. The third-order valence-corrected chi connectivity index (χ3v) is 3.48. The van der Waals surface area contributed by atoms with Crippen molar-refractivity contribution >= 4 is 0 Å². The normalized spacial score (nSPS) is 32.7. The summed E-state index contributed by atoms with van der Waals surface area (Å²) in [5.41, 5.74) is 6.06. The van der Waals surface area contributed by atoms with Gasteiger partial charge in [-0.2, -0.15) is 0 Å². The van der Waals surface area contributed by atoms with E-state index >= 15 is 0 Å². The maximum atomic E-state index is 13.1. The van der Waals surface area contributed by atoms with E-state index in [-0.39, 0.29) is 6.42 Å². The van der Waals surface area contributed by atoms with Gasteiger partial charge >= 0.3 is 0 Å². The molecule has 0 bridgehead atoms. The summed E-state index contributed by atoms with van der Waals surface area (Å²) in [6.07, 6.45) is 2.14. The SMILES string of the molecule is NC1(c2cccc(C3CC3)c2)CC1(F)F. The van der Waals surface area contributed by atoms with Crippen molar-refractivity contribution in [2.45, 2.75) is 36.6 Å². The fourth-order valence-electron chi connectivity index (χ4n) is 2.11. The summed E-state index contributed by atoms with van der Waals surface area (Å²) in [6.45, 7) is 0. The van der Waals surface area contributed by atoms with Gasteiger partial charge in [0, 0.05) is 6.42 Å². The highest BCUT2D eigenvalue weighted by molar-refractivity contribution is 5.40. The van der Waals surface area contributed by atoms with Crippen molar-refractivity contribution in [1.29, 1.82) is 0 Å². The van der Waals surface area contributed by atoms with Gasteiger partial charge in [-0.15, -0.1) is 0 Å². The van der Waals surface area contributed by atoms with Crippen molar-refractivity contribution in [3.05, 3.63) is 35.4 Å². The van der Waals surface area contributed by atoms with Crippen LogP contribution in [0.25, 0.3) is 0 Å². The minimum absolute atomic E-state index is 0.214. The van der Waals surface area contributed by atoms with Crippen LogP contribution >= 0.6 is 0 Å². The van der Waals surface area contributed by atoms with Crippen molar-refractivity contribution in [2.75, 3.05) is 0 Å². The number of halogens is 2. The molecule has 2 saturated carbocycles. The lowest BCUT2D eigenvalue weighted by atomic mass is 10.0. The van der Waals surface area contributed by atoms with Crippen molar-refractivity contribution < 1.29 is 8.78 Å². The van der Waals surface area contributed by atoms with E-state index in [0.29, 0.717) is 11.5 Å². The highest BCUT2D eigenvalue weighted by atomic mass is 19.3. The fraction of sp³-hybridized carbons (Fsp3) is 0.500. The van der Waals surface area contributed by atoms with Crippen molar-refractivity contribution in [2.24, 2.45) is 5.73 Å². The molecule has 2 N–H and O–H groups in total. The molecule has 2 aliphatic rings. The average Bonchev–Trinajstić information content (AvgIpc) is 3.06. The molecule has 2 aliphatic carbocycles. The molecule has 1 unspecified atom stereocenters. The van der Waals surface area contributed by atoms with Crippen LogP contribution in [0.5, 0.6) is 0 Å². The monoisotopic (exact) mass is 209 g/mol. The molecule has 1 nitrogen and oxygen atoms in total. The van der Waals surface area contributed by atoms with Gasteiger partial charge in [0.15, 0.2) is 0 Å². The molecule has 1 aromatic rings. The molecule has 1 aromatic carbocycles. The summed E-state index contributed by atoms with van der Waals surface area (Å²) in [4.78, 5) is 0. The van der Waals surface area contributed by atoms with E-state index in [9.17, 15) is 8.78 Å². The van der Waals surface area contributed by atoms with E-state index in [2.05, 4.69) is 0 Å². The molecule has 2 fully saturated rings. The molecular weight excluding hydrogens is 196 g/mol. The lowest BCUT2D eigenvalue weighted by molar-refractivity contribution is 0.0891. The number of benzene rings is 1. The quantitative estimate of drug-likeness (QED) is 0.796. The van der Waals surface area contributed by atoms with Crippen LogP contribution in [0.15, 0.2) is 24.3 Å². The van der Waals surface area contributed by atoms with Crippen LogP contribution in [0.2, 0.25) is 0 Å². The third kappa shape index (κ3) is 1.29. The molecule has 15 heavy (non-hydrogen) atoms. The first-order valence-corrected chi connectivity index (χ1v) is 5.30. The molecule has 0 heterocycles. The molecule has 80 valence electrons. The Labute approximate surface area is 87.3 Å². The summed E-state index contributed by atoms with van der Waals surface area (Å²) in [5, 5.41) is 0. The number of hydrogen-bond acceptors (Lipinski definition) is 1. The molecule has 0 radical (unpaired) electrons. The van der Waals surface area contributed by atoms with Gasteiger partial charge in [0.25, 0.3) is 5.92 Å². The van der Waals surface area contributed by atoms with E-state index in [1.54, 1.807) is 6.07 Å². The highest BCUT2D eigenvalue weighted by Crippen LogP contribution is 2.57. The van der Waals surface area contributed by atoms with Gasteiger partial charge in [-0.25, -0.2) is 8.78 Å². The number of nitrogens with two attached hydrogens (primary N) is 1. The zero-order valence-corrected chi connectivity index (χ0v) is 8.34. The van der Waals surface area contributed by atoms with Crippen LogP contribution in [0, 0.1) is 0 Å². The molecule has 0 aliphatic heterocycles. The first-order valence-electron chi connectivity index (χ1n) is 5.30. The van der Waals surface area contributed by atoms with Crippen LogP contribution < -0.4 is 5.73 Å². The first kappa shape index (κ1) is 9.28. The smallest absolute Gasteiger partial charge is 0.272 e. The van der Waals surface area contributed by atoms with Crippen LogP contribution in [0.3, 0.4) is 0 Å². The molecule has 0 saturated heterocycles. The maximum Gasteiger partial charge on any atom is 0.272 e. The summed E-state index contributed by atoms with van der Waals surface area (Å²) in [5.74, 6) is -2.13. The van der Waals surface area contributed by atoms with Gasteiger partial charge in [0.1, 0.15) is 5.54 Å². The predicted molar refractivity (Wildman–Crippen MR) is 53.8 cm³/mol. The Kier molecular flexibility index (Phi) is 1.60. The number of hydrogen-bond donors (Lipinski definition) is 1. The predicted octanol–water partition coefficient (Wildman–Crippen LogP) is 2.76. The van der Waals surface area contributed by atoms with Crippen molar-refractivity contribution in [1.82, 2.24) is 0 Å². The Bertz CT molecular complexity index is 412. The van der Waals surface area contributed by atoms with Gasteiger partial charge in [-0.3, -0.25) is 0 Å². The van der Waals surface area contributed by atoms with Crippen LogP contribution in [-0.2, 0) is 5.54 Å². The van der Waals surface area contributed by atoms with Crippen LogP contribution in [0.4, 0.5) is 8.78 Å². The summed E-state index contributed by atoms with van der Waals surface area (Å²) >= 11 is 0. The maximum absolute atomic E-state index is 13.1. The molecule has 3 rings (SSSR count). The Morgan fingerprint density at radius 1 is 1.27 bits per heavy atom. The zero-order chi connectivity index (χ0) is 10.7. The van der Waals surface area contributed by atoms with Gasteiger partial charge < -0.3 is 5.73 Å². The first-order chi connectivity index (χ1) is 7.03. The second-order valence-corrected chi connectivity index (χ2v) is 4.75. The molecule has 0 amide bonds. The zero-order valence-electron chi connectivity index (χ0n) is 8.34. The highest BCUT2D eigenvalue weighted by Gasteiger charge is 2.69. The second-order valence-electron chi connectivity index (χ2n) is 4.75. The lowest BCUT2D eigenvalue weighted by Crippen LogP contribution is -2.27. The standard InChI is InChI=1S/C12H13F2N/c13-12(14)7-11(12,15)10-3-1-2-9(6-10)8-4-5-8/h1-3,6,8H,4-5,7,15H2. The lowest BCUT2D eigenvalue weighted by Gasteiger charge is -2.12. The van der Waals surface area contributed by atoms with E-state index in [4.69, 9.17) is 5.73 Å². The molecular formula is C12H13F2N. The van der Waals surface area contributed by atoms with Crippen molar-refractivity contribution in [3.8, 4) is 0 Å². The van der Waals surface area contributed by atoms with Gasteiger partial charge in [0.05, 0.1) is 0 Å². The van der Waals surface area contributed by atoms with Crippen molar-refractivity contribution in [3.63, 3.8) is 0 Å². The Balaban J connectivity index is 1.96. The largest absolute Gasteiger partial charge is 0.316 e. The second kappa shape index (κ2) is 2.59. The molecule has 0 aromatic heterocycles. The minimum Gasteiger partial charge on any atom is -0.316 e. The van der Waals surface area contributed by atoms with E-state index < -0.39 is 11.5 Å². The Hall–Kier alpha value is -0.960. The number of alkyl halides is 2. The topological polar surface area (TPSA) is 26.0 Å². The molecule has 0 spiro atoms. The fourth-order valence-corrected chi connectivity index (χ4v) is 2.11. The minimum atomic E-state index is -2.71. The Morgan fingerprint density at radius 2 is 1.93 bits per heavy atom. The van der Waals surface area contributed by atoms with E-state index in [0.717, 1.165) is 0 Å². The van der Waals surface area contributed by atoms with Crippen LogP contribution in [0.1, 0.15) is 36.3 Å². The summed E-state index contributed by atoms with van der Waals surface area (Å²) in [6, 6.07) is 7.42. The third-order valence-electron chi connectivity index (χ3n) is 3.48. The van der Waals surface area contributed by atoms with E-state index in [1.165, 1.54) is 18.4 Å². The summed E-state index contributed by atoms with van der Waals surface area (Å²) < 4.78 is 26.2. The number of rotatable bonds is 2. The van der Waals surface area contributed by atoms with Gasteiger partial charge in [-0.1, -0.05) is 24.3 Å². The van der Waals surface area contributed by atoms with E-state index in [1.807, 2.05) is 18.2 Å².